The number of fused-ring (bicyclic) bond motifs is 3. The zero-order valence-electron chi connectivity index (χ0n) is 22.4. The summed E-state index contributed by atoms with van der Waals surface area (Å²) < 4.78 is 8.20. The third kappa shape index (κ3) is 6.22. The van der Waals surface area contributed by atoms with Crippen LogP contribution in [0.1, 0.15) is 39.8 Å². The van der Waals surface area contributed by atoms with E-state index in [0.29, 0.717) is 0 Å². The minimum Gasteiger partial charge on any atom is -0.147 e. The quantitative estimate of drug-likeness (QED) is 0.166. The van der Waals surface area contributed by atoms with Gasteiger partial charge in [0.25, 0.3) is 0 Å². The SMILES string of the molecule is C=Cc1ccc2c(c1)-c1cc(C=C)c[c]([Zr](=[CH]c3ccc(Cl)cc3)(=[CH]c3ccc(Cl)cc3)[C]3=CC=CC3)c1C2.Cl.Cl. The summed E-state index contributed by atoms with van der Waals surface area (Å²) in [6.07, 6.45) is 12.7. The maximum absolute atomic E-state index is 6.31. The Morgan fingerprint density at radius 2 is 1.22 bits per heavy atom. The van der Waals surface area contributed by atoms with E-state index in [9.17, 15) is 0 Å². The molecule has 0 aliphatic heterocycles. The number of allylic oxidation sites excluding steroid dienone is 4. The molecule has 41 heavy (non-hydrogen) atoms. The molecular weight excluding hydrogens is 665 g/mol. The number of benzene rings is 4. The summed E-state index contributed by atoms with van der Waals surface area (Å²) in [5.41, 5.74) is 10.1. The maximum Gasteiger partial charge on any atom is -0.147 e. The molecule has 0 bridgehead atoms. The molecule has 0 spiro atoms. The maximum atomic E-state index is 6.31. The Labute approximate surface area is 268 Å². The Bertz CT molecular complexity index is 1760. The van der Waals surface area contributed by atoms with Crippen LogP contribution < -0.4 is 3.27 Å². The van der Waals surface area contributed by atoms with Gasteiger partial charge in [0.15, 0.2) is 0 Å². The van der Waals surface area contributed by atoms with E-state index in [2.05, 4.69) is 93.4 Å². The van der Waals surface area contributed by atoms with Crippen LogP contribution in [0.2, 0.25) is 10.0 Å². The van der Waals surface area contributed by atoms with E-state index in [0.717, 1.165) is 34.0 Å². The minimum absolute atomic E-state index is 0. The average molecular weight is 696 g/mol. The van der Waals surface area contributed by atoms with Crippen LogP contribution >= 0.6 is 48.0 Å². The molecule has 2 aliphatic rings. The summed E-state index contributed by atoms with van der Waals surface area (Å²) >= 11 is 8.91. The van der Waals surface area contributed by atoms with Crippen LogP contribution in [-0.4, -0.2) is 7.42 Å². The summed E-state index contributed by atoms with van der Waals surface area (Å²) in [5, 5.41) is 1.50. The smallest absolute Gasteiger partial charge is 0.147 e. The third-order valence-corrected chi connectivity index (χ3v) is 19.0. The number of halogens is 4. The summed E-state index contributed by atoms with van der Waals surface area (Å²) in [5.74, 6) is 0. The Balaban J connectivity index is 0.00000194. The van der Waals surface area contributed by atoms with Crippen LogP contribution in [0.3, 0.4) is 0 Å². The van der Waals surface area contributed by atoms with E-state index in [1.165, 1.54) is 39.9 Å². The molecule has 0 nitrogen and oxygen atoms in total. The van der Waals surface area contributed by atoms with E-state index in [-0.39, 0.29) is 24.8 Å². The van der Waals surface area contributed by atoms with Crippen LogP contribution in [-0.2, 0) is 25.7 Å². The molecule has 0 amide bonds. The molecule has 0 atom stereocenters. The molecule has 4 aromatic carbocycles. The number of rotatable bonds is 6. The predicted molar refractivity (Wildman–Crippen MR) is 184 cm³/mol. The van der Waals surface area contributed by atoms with Crippen molar-refractivity contribution in [1.29, 1.82) is 0 Å². The van der Waals surface area contributed by atoms with Gasteiger partial charge in [0.1, 0.15) is 0 Å². The van der Waals surface area contributed by atoms with Gasteiger partial charge in [-0.25, -0.2) is 0 Å². The van der Waals surface area contributed by atoms with Crippen molar-refractivity contribution in [2.45, 2.75) is 12.8 Å². The second-order valence-electron chi connectivity index (χ2n) is 10.2. The fraction of sp³-hybridized carbons (Fsp3) is 0.0556. The van der Waals surface area contributed by atoms with Crippen LogP contribution in [0, 0.1) is 0 Å². The van der Waals surface area contributed by atoms with E-state index >= 15 is 0 Å². The molecule has 0 aromatic heterocycles. The van der Waals surface area contributed by atoms with Gasteiger partial charge in [-0.2, -0.15) is 0 Å². The molecule has 0 saturated heterocycles. The summed E-state index contributed by atoms with van der Waals surface area (Å²) in [6, 6.07) is 28.0. The number of hydrogen-bond acceptors (Lipinski definition) is 0. The molecular formula is C36H30Cl4Zr. The molecule has 0 radical (unpaired) electrons. The molecule has 0 N–H and O–H groups in total. The van der Waals surface area contributed by atoms with Gasteiger partial charge in [-0.3, -0.25) is 0 Å². The zero-order valence-corrected chi connectivity index (χ0v) is 28.1. The van der Waals surface area contributed by atoms with E-state index < -0.39 is 19.3 Å². The molecule has 5 heteroatoms. The first-order valence-electron chi connectivity index (χ1n) is 13.1. The molecule has 0 unspecified atom stereocenters. The van der Waals surface area contributed by atoms with Gasteiger partial charge < -0.3 is 0 Å². The van der Waals surface area contributed by atoms with Crippen molar-refractivity contribution in [2.75, 3.05) is 0 Å². The predicted octanol–water partition coefficient (Wildman–Crippen LogP) is 10.0. The molecule has 6 rings (SSSR count). The molecule has 0 heterocycles. The van der Waals surface area contributed by atoms with Gasteiger partial charge in [0, 0.05) is 0 Å². The van der Waals surface area contributed by atoms with Crippen LogP contribution in [0.4, 0.5) is 0 Å². The van der Waals surface area contributed by atoms with Gasteiger partial charge >= 0.3 is 246 Å². The van der Waals surface area contributed by atoms with Crippen molar-refractivity contribution in [3.63, 3.8) is 0 Å². The molecule has 206 valence electrons. The standard InChI is InChI=1S/C17H13.2C7H5Cl.C5H5.2ClH.Zr/c1-3-12-5-7-14-11-15-8-6-13(4-2)10-17(15)16(14)9-12;2*1-6-2-4-7(8)5-3-6;1-2-4-5-3-1;;;/h3-7,9-10H,1-2,11H2;2*1-5H;1-3H,4H2;2*1H;. The van der Waals surface area contributed by atoms with Crippen LogP contribution in [0.25, 0.3) is 23.3 Å². The van der Waals surface area contributed by atoms with Crippen molar-refractivity contribution in [1.82, 2.24) is 0 Å². The topological polar surface area (TPSA) is 0 Å². The Kier molecular flexibility index (Phi) is 10.2. The van der Waals surface area contributed by atoms with Gasteiger partial charge in [-0.05, 0) is 0 Å². The van der Waals surface area contributed by atoms with Crippen molar-refractivity contribution in [2.24, 2.45) is 0 Å². The van der Waals surface area contributed by atoms with Gasteiger partial charge in [0.2, 0.25) is 0 Å². The van der Waals surface area contributed by atoms with Crippen molar-refractivity contribution >= 4 is 70.9 Å². The summed E-state index contributed by atoms with van der Waals surface area (Å²) in [4.78, 5) is 0. The first kappa shape index (κ1) is 31.6. The Hall–Kier alpha value is -2.38. The van der Waals surface area contributed by atoms with Crippen molar-refractivity contribution in [3.8, 4) is 11.1 Å². The second kappa shape index (κ2) is 13.3. The molecule has 0 saturated carbocycles. The largest absolute Gasteiger partial charge is 0.147 e. The van der Waals surface area contributed by atoms with Crippen LogP contribution in [0.15, 0.2) is 114 Å². The summed E-state index contributed by atoms with van der Waals surface area (Å²) in [6.45, 7) is 8.20. The first-order valence-corrected chi connectivity index (χ1v) is 19.2. The fourth-order valence-electron chi connectivity index (χ4n) is 5.88. The Morgan fingerprint density at radius 3 is 1.76 bits per heavy atom. The number of hydrogen-bond donors (Lipinski definition) is 0. The fourth-order valence-corrected chi connectivity index (χ4v) is 17.2. The van der Waals surface area contributed by atoms with Gasteiger partial charge in [-0.15, -0.1) is 24.8 Å². The van der Waals surface area contributed by atoms with E-state index in [1.807, 2.05) is 36.4 Å². The average Bonchev–Trinajstić information content (AvgIpc) is 3.63. The molecule has 0 fully saturated rings. The van der Waals surface area contributed by atoms with E-state index in [1.54, 1.807) is 0 Å². The zero-order chi connectivity index (χ0) is 27.0. The van der Waals surface area contributed by atoms with Crippen molar-refractivity contribution < 1.29 is 19.3 Å². The minimum atomic E-state index is -3.71. The van der Waals surface area contributed by atoms with Gasteiger partial charge in [0.05, 0.1) is 0 Å². The first-order chi connectivity index (χ1) is 19.0. The van der Waals surface area contributed by atoms with E-state index in [4.69, 9.17) is 23.2 Å². The van der Waals surface area contributed by atoms with Crippen molar-refractivity contribution in [3.05, 3.63) is 157 Å². The monoisotopic (exact) mass is 692 g/mol. The molecule has 2 aliphatic carbocycles. The Morgan fingerprint density at radius 1 is 0.659 bits per heavy atom. The normalized spacial score (nSPS) is 12.4. The van der Waals surface area contributed by atoms with Gasteiger partial charge in [-0.1, -0.05) is 0 Å². The van der Waals surface area contributed by atoms with Crippen LogP contribution in [0.5, 0.6) is 0 Å². The summed E-state index contributed by atoms with van der Waals surface area (Å²) in [7, 11) is 0. The molecule has 4 aromatic rings. The second-order valence-corrected chi connectivity index (χ2v) is 19.6. The third-order valence-electron chi connectivity index (χ3n) is 7.81.